The minimum atomic E-state index is -1.09. The smallest absolute Gasteiger partial charge is 0.309 e. The molecular weight excluding hydrogens is 511 g/mol. The largest absolute Gasteiger partial charge is 0.497 e. The summed E-state index contributed by atoms with van der Waals surface area (Å²) in [7, 11) is 5.55. The molecule has 2 aromatic carbocycles. The second kappa shape index (κ2) is 12.1. The van der Waals surface area contributed by atoms with Gasteiger partial charge in [-0.1, -0.05) is 0 Å². The van der Waals surface area contributed by atoms with Gasteiger partial charge in [-0.3, -0.25) is 14.7 Å². The number of hydrogen-bond acceptors (Lipinski definition) is 6. The summed E-state index contributed by atoms with van der Waals surface area (Å²) in [5.41, 5.74) is 2.12. The van der Waals surface area contributed by atoms with Crippen LogP contribution in [0.1, 0.15) is 31.2 Å². The molecule has 0 aliphatic carbocycles. The first-order valence-electron chi connectivity index (χ1n) is 13.0. The van der Waals surface area contributed by atoms with Crippen molar-refractivity contribution in [3.8, 4) is 11.5 Å². The molecule has 1 aliphatic heterocycles. The zero-order valence-electron chi connectivity index (χ0n) is 22.5. The summed E-state index contributed by atoms with van der Waals surface area (Å²) in [5.74, 6) is -3.85. The van der Waals surface area contributed by atoms with Crippen LogP contribution in [0.5, 0.6) is 11.5 Å². The molecule has 1 aromatic heterocycles. The number of aliphatic carboxylic acids is 1. The highest BCUT2D eigenvalue weighted by molar-refractivity contribution is 5.88. The molecule has 1 N–H and O–H groups in total. The fraction of sp³-hybridized carbons (Fsp3) is 0.448. The maximum Gasteiger partial charge on any atom is 0.309 e. The van der Waals surface area contributed by atoms with E-state index in [4.69, 9.17) is 9.47 Å². The monoisotopic (exact) mass is 545 g/mol. The number of carboxylic acid groups (broad SMARTS) is 1. The van der Waals surface area contributed by atoms with Crippen molar-refractivity contribution >= 4 is 22.6 Å². The number of carbonyl (C=O) groups is 1. The molecule has 10 heteroatoms. The van der Waals surface area contributed by atoms with E-state index in [0.717, 1.165) is 27.9 Å². The summed E-state index contributed by atoms with van der Waals surface area (Å²) in [4.78, 5) is 21.0. The molecule has 39 heavy (non-hydrogen) atoms. The Morgan fingerprint density at radius 3 is 2.44 bits per heavy atom. The maximum absolute atomic E-state index is 13.8. The number of rotatable bonds is 11. The van der Waals surface area contributed by atoms with E-state index in [1.807, 2.05) is 48.3 Å². The van der Waals surface area contributed by atoms with E-state index in [2.05, 4.69) is 4.98 Å². The van der Waals surface area contributed by atoms with E-state index in [-0.39, 0.29) is 6.61 Å². The molecule has 1 fully saturated rings. The number of anilines is 1. The van der Waals surface area contributed by atoms with Gasteiger partial charge in [0.15, 0.2) is 17.4 Å². The van der Waals surface area contributed by atoms with Crippen molar-refractivity contribution < 1.29 is 32.5 Å². The molecule has 0 bridgehead atoms. The van der Waals surface area contributed by atoms with E-state index in [1.165, 1.54) is 0 Å². The number of pyridine rings is 1. The fourth-order valence-corrected chi connectivity index (χ4v) is 5.31. The van der Waals surface area contributed by atoms with Crippen LogP contribution in [0.3, 0.4) is 0 Å². The Hall–Kier alpha value is -3.53. The SMILES string of the molecule is COc1ccc2ncc(N(C)C)c(CCCC3(C(=O)O)CCN(CCOc4c(F)cc(F)cc4F)CC3)c2c1. The summed E-state index contributed by atoms with van der Waals surface area (Å²) < 4.78 is 51.4. The van der Waals surface area contributed by atoms with Crippen LogP contribution >= 0.6 is 0 Å². The van der Waals surface area contributed by atoms with Crippen molar-refractivity contribution in [2.24, 2.45) is 5.41 Å². The summed E-state index contributed by atoms with van der Waals surface area (Å²) in [6.45, 7) is 1.44. The third kappa shape index (κ3) is 6.38. The first-order chi connectivity index (χ1) is 18.6. The van der Waals surface area contributed by atoms with Gasteiger partial charge in [-0.05, 0) is 69.0 Å². The average molecular weight is 546 g/mol. The number of aromatic nitrogens is 1. The molecule has 7 nitrogen and oxygen atoms in total. The lowest BCUT2D eigenvalue weighted by atomic mass is 9.74. The molecule has 210 valence electrons. The molecule has 0 unspecified atom stereocenters. The van der Waals surface area contributed by atoms with Crippen molar-refractivity contribution in [2.75, 3.05) is 52.3 Å². The lowest BCUT2D eigenvalue weighted by molar-refractivity contribution is -0.152. The van der Waals surface area contributed by atoms with Crippen LogP contribution in [0.25, 0.3) is 10.9 Å². The van der Waals surface area contributed by atoms with Crippen molar-refractivity contribution in [3.05, 3.63) is 59.5 Å². The zero-order chi connectivity index (χ0) is 28.2. The summed E-state index contributed by atoms with van der Waals surface area (Å²) >= 11 is 0. The van der Waals surface area contributed by atoms with Gasteiger partial charge in [-0.25, -0.2) is 13.2 Å². The minimum Gasteiger partial charge on any atom is -0.497 e. The van der Waals surface area contributed by atoms with E-state index in [9.17, 15) is 23.1 Å². The van der Waals surface area contributed by atoms with Gasteiger partial charge in [0.25, 0.3) is 0 Å². The summed E-state index contributed by atoms with van der Waals surface area (Å²) in [5, 5.41) is 11.2. The average Bonchev–Trinajstić information content (AvgIpc) is 2.90. The third-order valence-corrected chi connectivity index (χ3v) is 7.61. The Kier molecular flexibility index (Phi) is 8.84. The van der Waals surface area contributed by atoms with Gasteiger partial charge in [-0.15, -0.1) is 0 Å². The van der Waals surface area contributed by atoms with Crippen LogP contribution < -0.4 is 14.4 Å². The quantitative estimate of drug-likeness (QED) is 0.351. The first-order valence-corrected chi connectivity index (χ1v) is 13.0. The molecule has 1 aliphatic rings. The fourth-order valence-electron chi connectivity index (χ4n) is 5.31. The van der Waals surface area contributed by atoms with Crippen LogP contribution in [0.4, 0.5) is 18.9 Å². The Morgan fingerprint density at radius 2 is 1.82 bits per heavy atom. The predicted octanol–water partition coefficient (Wildman–Crippen LogP) is 5.30. The highest BCUT2D eigenvalue weighted by Crippen LogP contribution is 2.38. The normalized spacial score (nSPS) is 15.3. The van der Waals surface area contributed by atoms with Gasteiger partial charge in [0.1, 0.15) is 18.2 Å². The number of piperidine rings is 1. The number of methoxy groups -OCH3 is 1. The number of aryl methyl sites for hydroxylation is 1. The predicted molar refractivity (Wildman–Crippen MR) is 143 cm³/mol. The molecule has 0 amide bonds. The number of benzene rings is 2. The number of halogens is 3. The van der Waals surface area contributed by atoms with Gasteiger partial charge >= 0.3 is 5.97 Å². The number of carboxylic acids is 1. The number of hydrogen-bond donors (Lipinski definition) is 1. The second-order valence-corrected chi connectivity index (χ2v) is 10.2. The van der Waals surface area contributed by atoms with Gasteiger partial charge in [0, 0.05) is 38.2 Å². The molecule has 4 rings (SSSR count). The van der Waals surface area contributed by atoms with E-state index in [1.54, 1.807) is 7.11 Å². The Bertz CT molecular complexity index is 1300. The second-order valence-electron chi connectivity index (χ2n) is 10.2. The molecule has 0 radical (unpaired) electrons. The Balaban J connectivity index is 1.37. The number of ether oxygens (including phenoxy) is 2. The highest BCUT2D eigenvalue weighted by atomic mass is 19.1. The van der Waals surface area contributed by atoms with Gasteiger partial charge < -0.3 is 19.5 Å². The molecule has 0 saturated carbocycles. The van der Waals surface area contributed by atoms with Crippen LogP contribution in [0.15, 0.2) is 36.5 Å². The van der Waals surface area contributed by atoms with Crippen LogP contribution in [-0.4, -0.2) is 68.4 Å². The number of nitrogens with zero attached hydrogens (tertiary/aromatic N) is 3. The van der Waals surface area contributed by atoms with E-state index < -0.39 is 34.6 Å². The highest BCUT2D eigenvalue weighted by Gasteiger charge is 2.41. The molecule has 0 spiro atoms. The maximum atomic E-state index is 13.8. The van der Waals surface area contributed by atoms with Crippen molar-refractivity contribution in [3.63, 3.8) is 0 Å². The number of likely N-dealkylation sites (tertiary alicyclic amines) is 1. The summed E-state index contributed by atoms with van der Waals surface area (Å²) in [6.07, 6.45) is 4.69. The van der Waals surface area contributed by atoms with Crippen molar-refractivity contribution in [2.45, 2.75) is 32.1 Å². The molecular formula is C29H34F3N3O4. The lowest BCUT2D eigenvalue weighted by Gasteiger charge is -2.39. The van der Waals surface area contributed by atoms with Gasteiger partial charge in [-0.2, -0.15) is 0 Å². The number of fused-ring (bicyclic) bond motifs is 1. The van der Waals surface area contributed by atoms with Crippen molar-refractivity contribution in [1.82, 2.24) is 9.88 Å². The van der Waals surface area contributed by atoms with Gasteiger partial charge in [0.2, 0.25) is 0 Å². The minimum absolute atomic E-state index is 0.00539. The molecule has 2 heterocycles. The Morgan fingerprint density at radius 1 is 1.13 bits per heavy atom. The van der Waals surface area contributed by atoms with Gasteiger partial charge in [0.05, 0.1) is 29.9 Å². The van der Waals surface area contributed by atoms with Crippen LogP contribution in [0, 0.1) is 22.9 Å². The standard InChI is InChI=1S/C29H34F3N3O4/c1-34(2)26-18-33-25-7-6-20(38-3)17-22(25)21(26)5-4-8-29(28(36)37)9-11-35(12-10-29)13-14-39-27-23(31)15-19(30)16-24(27)32/h6-7,15-18H,4-5,8-14H2,1-3H3,(H,36,37). The van der Waals surface area contributed by atoms with Crippen LogP contribution in [-0.2, 0) is 11.2 Å². The van der Waals surface area contributed by atoms with Crippen molar-refractivity contribution in [1.29, 1.82) is 0 Å². The molecule has 3 aromatic rings. The topological polar surface area (TPSA) is 75.1 Å². The molecule has 1 saturated heterocycles. The zero-order valence-corrected chi connectivity index (χ0v) is 22.5. The Labute approximate surface area is 226 Å². The van der Waals surface area contributed by atoms with E-state index in [0.29, 0.717) is 63.9 Å². The van der Waals surface area contributed by atoms with Crippen LogP contribution in [0.2, 0.25) is 0 Å². The third-order valence-electron chi connectivity index (χ3n) is 7.61. The summed E-state index contributed by atoms with van der Waals surface area (Å²) in [6, 6.07) is 6.93. The lowest BCUT2D eigenvalue weighted by Crippen LogP contribution is -2.45. The van der Waals surface area contributed by atoms with E-state index >= 15 is 0 Å². The first kappa shape index (κ1) is 28.5. The molecule has 0 atom stereocenters.